The van der Waals surface area contributed by atoms with Crippen molar-refractivity contribution in [2.24, 2.45) is 5.73 Å². The fraction of sp³-hybridized carbons (Fsp3) is 0.273. The van der Waals surface area contributed by atoms with Gasteiger partial charge < -0.3 is 15.8 Å². The standard InChI is InChI=1S/C22H20F3N5O2/c1-32-18-8-16(25)13(7-14(18)21(26)31)17-4-5-19(30-29-17)28-11-22(9-12(23)10-22)20-15(24)3-2-6-27-20/h2-8,12H,9-11H2,1H3,(H2,26,31)(H,28,30). The van der Waals surface area contributed by atoms with E-state index in [1.165, 1.54) is 37.6 Å². The Bertz CT molecular complexity index is 1150. The zero-order valence-corrected chi connectivity index (χ0v) is 17.1. The van der Waals surface area contributed by atoms with Crippen molar-refractivity contribution < 1.29 is 22.7 Å². The molecule has 2 aromatic heterocycles. The summed E-state index contributed by atoms with van der Waals surface area (Å²) in [4.78, 5) is 15.7. The number of alkyl halides is 1. The second-order valence-electron chi connectivity index (χ2n) is 7.67. The van der Waals surface area contributed by atoms with Crippen LogP contribution in [0.15, 0.2) is 42.6 Å². The number of primary amides is 1. The molecule has 0 atom stereocenters. The van der Waals surface area contributed by atoms with Crippen molar-refractivity contribution in [1.29, 1.82) is 0 Å². The van der Waals surface area contributed by atoms with E-state index in [1.807, 2.05) is 0 Å². The third-order valence-corrected chi connectivity index (χ3v) is 5.59. The molecule has 0 unspecified atom stereocenters. The first-order valence-corrected chi connectivity index (χ1v) is 9.83. The molecule has 0 saturated heterocycles. The largest absolute Gasteiger partial charge is 0.496 e. The van der Waals surface area contributed by atoms with Gasteiger partial charge in [-0.05, 0) is 43.2 Å². The lowest BCUT2D eigenvalue weighted by Gasteiger charge is -2.44. The Morgan fingerprint density at radius 3 is 2.59 bits per heavy atom. The monoisotopic (exact) mass is 443 g/mol. The molecule has 1 fully saturated rings. The van der Waals surface area contributed by atoms with Gasteiger partial charge >= 0.3 is 0 Å². The van der Waals surface area contributed by atoms with Crippen LogP contribution in [0.4, 0.5) is 19.0 Å². The summed E-state index contributed by atoms with van der Waals surface area (Å²) in [6, 6.07) is 8.16. The molecule has 32 heavy (non-hydrogen) atoms. The molecule has 0 spiro atoms. The number of ether oxygens (including phenoxy) is 1. The van der Waals surface area contributed by atoms with Crippen LogP contribution in [0.25, 0.3) is 11.3 Å². The average molecular weight is 443 g/mol. The fourth-order valence-electron chi connectivity index (χ4n) is 3.93. The molecule has 1 aliphatic carbocycles. The number of carbonyl (C=O) groups excluding carboxylic acids is 1. The topological polar surface area (TPSA) is 103 Å². The van der Waals surface area contributed by atoms with Gasteiger partial charge in [-0.15, -0.1) is 10.2 Å². The Labute approximate surface area is 181 Å². The SMILES string of the molecule is COc1cc(F)c(-c2ccc(NCC3(c4ncccc4F)CC(F)C3)nn2)cc1C(N)=O. The summed E-state index contributed by atoms with van der Waals surface area (Å²) >= 11 is 0. The van der Waals surface area contributed by atoms with E-state index in [2.05, 4.69) is 20.5 Å². The summed E-state index contributed by atoms with van der Waals surface area (Å²) in [7, 11) is 1.30. The van der Waals surface area contributed by atoms with E-state index in [-0.39, 0.29) is 47.7 Å². The molecule has 0 radical (unpaired) electrons. The van der Waals surface area contributed by atoms with Crippen molar-refractivity contribution in [3.05, 3.63) is 65.5 Å². The smallest absolute Gasteiger partial charge is 0.252 e. The van der Waals surface area contributed by atoms with Crippen LogP contribution in [0.1, 0.15) is 28.9 Å². The Hall–Kier alpha value is -3.69. The summed E-state index contributed by atoms with van der Waals surface area (Å²) in [6.07, 6.45) is 0.743. The predicted octanol–water partition coefficient (Wildman–Crippen LogP) is 3.41. The van der Waals surface area contributed by atoms with Gasteiger partial charge in [-0.25, -0.2) is 13.2 Å². The number of rotatable bonds is 7. The van der Waals surface area contributed by atoms with E-state index in [4.69, 9.17) is 10.5 Å². The summed E-state index contributed by atoms with van der Waals surface area (Å²) in [5, 5.41) is 11.1. The summed E-state index contributed by atoms with van der Waals surface area (Å²) in [5.74, 6) is -1.55. The number of pyridine rings is 1. The summed E-state index contributed by atoms with van der Waals surface area (Å²) in [6.45, 7) is 0.206. The average Bonchev–Trinajstić information content (AvgIpc) is 2.76. The molecule has 1 saturated carbocycles. The number of anilines is 1. The maximum atomic E-state index is 14.5. The molecule has 3 N–H and O–H groups in total. The number of nitrogens with one attached hydrogen (secondary N) is 1. The number of nitrogens with zero attached hydrogens (tertiary/aromatic N) is 3. The number of hydrogen-bond donors (Lipinski definition) is 2. The van der Waals surface area contributed by atoms with Gasteiger partial charge in [0.1, 0.15) is 29.4 Å². The quantitative estimate of drug-likeness (QED) is 0.580. The minimum absolute atomic E-state index is 0.0120. The molecule has 10 heteroatoms. The van der Waals surface area contributed by atoms with Gasteiger partial charge in [0.25, 0.3) is 5.91 Å². The number of hydrogen-bond acceptors (Lipinski definition) is 6. The van der Waals surface area contributed by atoms with Gasteiger partial charge in [0.05, 0.1) is 24.1 Å². The highest BCUT2D eigenvalue weighted by Crippen LogP contribution is 2.45. The van der Waals surface area contributed by atoms with Crippen molar-refractivity contribution in [3.8, 4) is 17.0 Å². The fourth-order valence-corrected chi connectivity index (χ4v) is 3.93. The van der Waals surface area contributed by atoms with Gasteiger partial charge in [-0.3, -0.25) is 9.78 Å². The lowest BCUT2D eigenvalue weighted by atomic mass is 9.65. The molecule has 7 nitrogen and oxygen atoms in total. The van der Waals surface area contributed by atoms with Gasteiger partial charge in [-0.1, -0.05) is 0 Å². The van der Waals surface area contributed by atoms with Crippen LogP contribution in [0.3, 0.4) is 0 Å². The number of methoxy groups -OCH3 is 1. The first kappa shape index (κ1) is 21.5. The van der Waals surface area contributed by atoms with E-state index in [0.717, 1.165) is 6.07 Å². The molecule has 1 aromatic carbocycles. The third kappa shape index (κ3) is 3.95. The normalized spacial score (nSPS) is 19.8. The van der Waals surface area contributed by atoms with E-state index >= 15 is 0 Å². The molecule has 2 heterocycles. The Morgan fingerprint density at radius 2 is 2.00 bits per heavy atom. The van der Waals surface area contributed by atoms with E-state index in [9.17, 15) is 18.0 Å². The molecule has 166 valence electrons. The zero-order valence-electron chi connectivity index (χ0n) is 17.1. The zero-order chi connectivity index (χ0) is 22.9. The van der Waals surface area contributed by atoms with Crippen LogP contribution >= 0.6 is 0 Å². The maximum absolute atomic E-state index is 14.5. The van der Waals surface area contributed by atoms with Gasteiger partial charge in [0.2, 0.25) is 0 Å². The van der Waals surface area contributed by atoms with Crippen LogP contribution in [0.2, 0.25) is 0 Å². The van der Waals surface area contributed by atoms with E-state index in [1.54, 1.807) is 6.07 Å². The second kappa shape index (κ2) is 8.45. The lowest BCUT2D eigenvalue weighted by molar-refractivity contribution is 0.0963. The third-order valence-electron chi connectivity index (χ3n) is 5.59. The van der Waals surface area contributed by atoms with Gasteiger partial charge in [-0.2, -0.15) is 0 Å². The summed E-state index contributed by atoms with van der Waals surface area (Å²) in [5.41, 5.74) is 4.98. The van der Waals surface area contributed by atoms with Crippen molar-refractivity contribution in [2.75, 3.05) is 19.0 Å². The van der Waals surface area contributed by atoms with Crippen molar-refractivity contribution in [3.63, 3.8) is 0 Å². The summed E-state index contributed by atoms with van der Waals surface area (Å²) < 4.78 is 47.4. The number of benzene rings is 1. The van der Waals surface area contributed by atoms with Crippen LogP contribution < -0.4 is 15.8 Å². The second-order valence-corrected chi connectivity index (χ2v) is 7.67. The molecule has 1 aliphatic rings. The minimum Gasteiger partial charge on any atom is -0.496 e. The molecular weight excluding hydrogens is 423 g/mol. The maximum Gasteiger partial charge on any atom is 0.252 e. The molecule has 0 bridgehead atoms. The number of aromatic nitrogens is 3. The molecular formula is C22H20F3N5O2. The Balaban J connectivity index is 1.54. The number of halogens is 3. The van der Waals surface area contributed by atoms with Crippen LogP contribution in [0.5, 0.6) is 5.75 Å². The van der Waals surface area contributed by atoms with Crippen LogP contribution in [-0.4, -0.2) is 40.9 Å². The van der Waals surface area contributed by atoms with E-state index in [0.29, 0.717) is 5.82 Å². The van der Waals surface area contributed by atoms with Crippen molar-refractivity contribution in [1.82, 2.24) is 15.2 Å². The highest BCUT2D eigenvalue weighted by molar-refractivity contribution is 5.97. The first-order chi connectivity index (χ1) is 15.3. The number of nitrogens with two attached hydrogens (primary N) is 1. The lowest BCUT2D eigenvalue weighted by Crippen LogP contribution is -2.49. The molecule has 3 aromatic rings. The predicted molar refractivity (Wildman–Crippen MR) is 111 cm³/mol. The molecule has 0 aliphatic heterocycles. The Kier molecular flexibility index (Phi) is 5.68. The molecule has 1 amide bonds. The van der Waals surface area contributed by atoms with Gasteiger partial charge in [0, 0.05) is 29.8 Å². The van der Waals surface area contributed by atoms with Crippen molar-refractivity contribution >= 4 is 11.7 Å². The van der Waals surface area contributed by atoms with Crippen LogP contribution in [-0.2, 0) is 5.41 Å². The Morgan fingerprint density at radius 1 is 1.22 bits per heavy atom. The van der Waals surface area contributed by atoms with Gasteiger partial charge in [0.15, 0.2) is 0 Å². The first-order valence-electron chi connectivity index (χ1n) is 9.83. The number of carbonyl (C=O) groups is 1. The van der Waals surface area contributed by atoms with Crippen LogP contribution in [0, 0.1) is 11.6 Å². The highest BCUT2D eigenvalue weighted by Gasteiger charge is 2.48. The highest BCUT2D eigenvalue weighted by atomic mass is 19.1. The number of amides is 1. The molecule has 4 rings (SSSR count). The minimum atomic E-state index is -1.02. The van der Waals surface area contributed by atoms with Crippen molar-refractivity contribution in [2.45, 2.75) is 24.4 Å². The van der Waals surface area contributed by atoms with E-state index < -0.39 is 29.1 Å².